The van der Waals surface area contributed by atoms with E-state index in [0.29, 0.717) is 18.7 Å². The van der Waals surface area contributed by atoms with Gasteiger partial charge >= 0.3 is 5.97 Å². The van der Waals surface area contributed by atoms with Gasteiger partial charge in [-0.15, -0.1) is 0 Å². The maximum absolute atomic E-state index is 12.3. The van der Waals surface area contributed by atoms with Crippen LogP contribution in [0.5, 0.6) is 0 Å². The molecule has 0 aromatic heterocycles. The highest BCUT2D eigenvalue weighted by Crippen LogP contribution is 2.49. The van der Waals surface area contributed by atoms with Crippen LogP contribution in [0.2, 0.25) is 0 Å². The number of aryl methyl sites for hydroxylation is 1. The van der Waals surface area contributed by atoms with E-state index in [1.807, 2.05) is 12.1 Å². The third-order valence-corrected chi connectivity index (χ3v) is 7.45. The van der Waals surface area contributed by atoms with Crippen LogP contribution in [0, 0.1) is 0 Å². The lowest BCUT2D eigenvalue weighted by molar-refractivity contribution is -0.146. The van der Waals surface area contributed by atoms with Crippen LogP contribution in [0.1, 0.15) is 50.2 Å². The van der Waals surface area contributed by atoms with E-state index in [0.717, 1.165) is 36.8 Å². The Morgan fingerprint density at radius 3 is 2.25 bits per heavy atom. The molecule has 0 unspecified atom stereocenters. The van der Waals surface area contributed by atoms with E-state index in [9.17, 15) is 18.0 Å². The van der Waals surface area contributed by atoms with Gasteiger partial charge in [0.1, 0.15) is 0 Å². The summed E-state index contributed by atoms with van der Waals surface area (Å²) in [5.74, 6) is -0.310. The number of amides is 1. The summed E-state index contributed by atoms with van der Waals surface area (Å²) in [6.45, 7) is 2.17. The number of rotatable bonds is 10. The van der Waals surface area contributed by atoms with E-state index in [2.05, 4.69) is 10.0 Å². The molecule has 0 radical (unpaired) electrons. The largest absolute Gasteiger partial charge is 0.465 e. The van der Waals surface area contributed by atoms with Gasteiger partial charge in [0, 0.05) is 18.2 Å². The Morgan fingerprint density at radius 1 is 1.03 bits per heavy atom. The van der Waals surface area contributed by atoms with E-state index in [4.69, 9.17) is 4.74 Å². The van der Waals surface area contributed by atoms with E-state index in [1.165, 1.54) is 0 Å². The van der Waals surface area contributed by atoms with Crippen molar-refractivity contribution in [3.8, 4) is 0 Å². The number of anilines is 1. The van der Waals surface area contributed by atoms with Gasteiger partial charge in [0.25, 0.3) is 0 Å². The summed E-state index contributed by atoms with van der Waals surface area (Å²) in [5, 5.41) is 2.87. The first-order chi connectivity index (χ1) is 15.3. The van der Waals surface area contributed by atoms with Crippen LogP contribution < -0.4 is 10.0 Å². The molecule has 0 heterocycles. The van der Waals surface area contributed by atoms with E-state index < -0.39 is 15.4 Å². The molecule has 1 amide bonds. The summed E-state index contributed by atoms with van der Waals surface area (Å²) in [4.78, 5) is 24.8. The first-order valence-electron chi connectivity index (χ1n) is 11.0. The fourth-order valence-electron chi connectivity index (χ4n) is 3.68. The molecular weight excluding hydrogens is 428 g/mol. The molecule has 170 valence electrons. The van der Waals surface area contributed by atoms with Crippen LogP contribution >= 0.6 is 0 Å². The highest BCUT2D eigenvalue weighted by Gasteiger charge is 2.52. The Balaban J connectivity index is 1.28. The van der Waals surface area contributed by atoms with E-state index in [1.54, 1.807) is 43.3 Å². The number of hydrogen-bond donors (Lipinski definition) is 2. The third-order valence-electron chi connectivity index (χ3n) is 5.91. The molecule has 7 nitrogen and oxygen atoms in total. The lowest BCUT2D eigenvalue weighted by Gasteiger charge is -2.15. The molecule has 4 rings (SSSR count). The normalized spacial score (nSPS) is 16.9. The second-order valence-corrected chi connectivity index (χ2v) is 10.2. The van der Waals surface area contributed by atoms with Crippen molar-refractivity contribution >= 4 is 27.6 Å². The van der Waals surface area contributed by atoms with Crippen molar-refractivity contribution in [3.05, 3.63) is 59.7 Å². The fraction of sp³-hybridized carbons (Fsp3) is 0.417. The van der Waals surface area contributed by atoms with Crippen LogP contribution in [0.15, 0.2) is 53.4 Å². The van der Waals surface area contributed by atoms with Crippen molar-refractivity contribution in [1.29, 1.82) is 0 Å². The average Bonchev–Trinajstić information content (AvgIpc) is 3.69. The summed E-state index contributed by atoms with van der Waals surface area (Å²) in [5.41, 5.74) is 1.96. The van der Waals surface area contributed by atoms with Crippen LogP contribution in [0.4, 0.5) is 5.69 Å². The third kappa shape index (κ3) is 5.19. The van der Waals surface area contributed by atoms with Gasteiger partial charge in [0.15, 0.2) is 0 Å². The van der Waals surface area contributed by atoms with Crippen molar-refractivity contribution in [2.24, 2.45) is 0 Å². The second kappa shape index (κ2) is 9.03. The van der Waals surface area contributed by atoms with Gasteiger partial charge in [-0.25, -0.2) is 13.1 Å². The molecule has 2 aromatic carbocycles. The van der Waals surface area contributed by atoms with Crippen molar-refractivity contribution in [2.45, 2.75) is 61.8 Å². The predicted molar refractivity (Wildman–Crippen MR) is 121 cm³/mol. The lowest BCUT2D eigenvalue weighted by atomic mass is 9.96. The summed E-state index contributed by atoms with van der Waals surface area (Å²) in [6, 6.07) is 14.1. The SMILES string of the molecule is CCOC(=O)C1(c2ccc(NC(=O)CCc3ccc(S(=O)(=O)NC4CC4)cc3)cc2)CC1. The standard InChI is InChI=1S/C24H28N2O5S/c1-2-31-23(28)24(15-16-24)18-6-8-19(9-7-18)25-22(27)14-5-17-3-12-21(13-4-17)32(29,30)26-20-10-11-20/h3-4,6-9,12-13,20,26H,2,5,10-11,14-16H2,1H3,(H,25,27). The van der Waals surface area contributed by atoms with Gasteiger partial charge in [-0.2, -0.15) is 0 Å². The van der Waals surface area contributed by atoms with Crippen molar-refractivity contribution < 1.29 is 22.7 Å². The predicted octanol–water partition coefficient (Wildman–Crippen LogP) is 3.29. The Morgan fingerprint density at radius 2 is 1.69 bits per heavy atom. The number of sulfonamides is 1. The van der Waals surface area contributed by atoms with Crippen molar-refractivity contribution in [1.82, 2.24) is 4.72 Å². The lowest BCUT2D eigenvalue weighted by Crippen LogP contribution is -2.25. The number of esters is 1. The molecule has 32 heavy (non-hydrogen) atoms. The first-order valence-corrected chi connectivity index (χ1v) is 12.5. The molecule has 2 N–H and O–H groups in total. The van der Waals surface area contributed by atoms with Crippen molar-refractivity contribution in [3.63, 3.8) is 0 Å². The Kier molecular flexibility index (Phi) is 6.35. The van der Waals surface area contributed by atoms with Gasteiger partial charge in [0.05, 0.1) is 16.9 Å². The fourth-order valence-corrected chi connectivity index (χ4v) is 4.99. The highest BCUT2D eigenvalue weighted by atomic mass is 32.2. The first kappa shape index (κ1) is 22.5. The van der Waals surface area contributed by atoms with E-state index >= 15 is 0 Å². The van der Waals surface area contributed by atoms with Gasteiger partial charge in [-0.05, 0) is 74.4 Å². The monoisotopic (exact) mass is 456 g/mol. The molecule has 2 aliphatic rings. The molecule has 2 aromatic rings. The second-order valence-electron chi connectivity index (χ2n) is 8.47. The minimum absolute atomic E-state index is 0.0670. The molecule has 0 saturated heterocycles. The molecule has 2 aliphatic carbocycles. The molecule has 0 spiro atoms. The minimum atomic E-state index is -3.46. The maximum Gasteiger partial charge on any atom is 0.316 e. The van der Waals surface area contributed by atoms with Crippen molar-refractivity contribution in [2.75, 3.05) is 11.9 Å². The topological polar surface area (TPSA) is 102 Å². The van der Waals surface area contributed by atoms with Gasteiger partial charge in [0.2, 0.25) is 15.9 Å². The quantitative estimate of drug-likeness (QED) is 0.534. The zero-order valence-electron chi connectivity index (χ0n) is 18.1. The van der Waals surface area contributed by atoms with E-state index in [-0.39, 0.29) is 29.2 Å². The number of nitrogens with one attached hydrogen (secondary N) is 2. The number of carbonyl (C=O) groups excluding carboxylic acids is 2. The summed E-state index contributed by atoms with van der Waals surface area (Å²) >= 11 is 0. The highest BCUT2D eigenvalue weighted by molar-refractivity contribution is 7.89. The Labute approximate surface area is 188 Å². The molecule has 8 heteroatoms. The number of ether oxygens (including phenoxy) is 1. The maximum atomic E-state index is 12.3. The van der Waals surface area contributed by atoms with Crippen LogP contribution in [0.3, 0.4) is 0 Å². The Hall–Kier alpha value is -2.71. The number of carbonyl (C=O) groups is 2. The zero-order chi connectivity index (χ0) is 22.8. The molecule has 0 aliphatic heterocycles. The van der Waals surface area contributed by atoms with Crippen LogP contribution in [-0.2, 0) is 36.2 Å². The zero-order valence-corrected chi connectivity index (χ0v) is 18.9. The molecule has 2 fully saturated rings. The summed E-state index contributed by atoms with van der Waals surface area (Å²) in [6.07, 6.45) is 4.14. The van der Waals surface area contributed by atoms with Gasteiger partial charge in [-0.3, -0.25) is 9.59 Å². The number of hydrogen-bond acceptors (Lipinski definition) is 5. The molecule has 2 saturated carbocycles. The minimum Gasteiger partial charge on any atom is -0.465 e. The van der Waals surface area contributed by atoms with Crippen LogP contribution in [-0.4, -0.2) is 32.9 Å². The van der Waals surface area contributed by atoms with Crippen LogP contribution in [0.25, 0.3) is 0 Å². The average molecular weight is 457 g/mol. The molecular formula is C24H28N2O5S. The summed E-state index contributed by atoms with van der Waals surface area (Å²) < 4.78 is 32.3. The van der Waals surface area contributed by atoms with Gasteiger partial charge in [-0.1, -0.05) is 24.3 Å². The summed E-state index contributed by atoms with van der Waals surface area (Å²) in [7, 11) is -3.46. The smallest absolute Gasteiger partial charge is 0.316 e. The molecule has 0 bridgehead atoms. The number of benzene rings is 2. The Bertz CT molecular complexity index is 1090. The van der Waals surface area contributed by atoms with Gasteiger partial charge < -0.3 is 10.1 Å². The molecule has 0 atom stereocenters.